The number of carbonyl (C=O) groups excluding carboxylic acids is 1. The fraction of sp³-hybridized carbons (Fsp3) is 0.407. The Labute approximate surface area is 202 Å². The Morgan fingerprint density at radius 2 is 1.82 bits per heavy atom. The fourth-order valence-corrected chi connectivity index (χ4v) is 4.93. The molecule has 6 heteroatoms. The predicted molar refractivity (Wildman–Crippen MR) is 135 cm³/mol. The summed E-state index contributed by atoms with van der Waals surface area (Å²) in [6, 6.07) is 18.5. The van der Waals surface area contributed by atoms with Gasteiger partial charge in [-0.05, 0) is 68.6 Å². The number of piperidine rings is 1. The highest BCUT2D eigenvalue weighted by atomic mass is 35.5. The van der Waals surface area contributed by atoms with Crippen LogP contribution in [0, 0.1) is 12.8 Å². The zero-order chi connectivity index (χ0) is 23.5. The Morgan fingerprint density at radius 3 is 2.48 bits per heavy atom. The van der Waals surface area contributed by atoms with E-state index in [2.05, 4.69) is 28.2 Å². The SMILES string of the molecule is Cc1nn(-c2ccccc2)c(Cl)c1CN1CCC(c2cccc(N(C)C(=O)C(C)C)c2)CC1. The summed E-state index contributed by atoms with van der Waals surface area (Å²) in [7, 11) is 1.87. The summed E-state index contributed by atoms with van der Waals surface area (Å²) in [5.41, 5.74) is 5.37. The maximum atomic E-state index is 12.4. The Balaban J connectivity index is 1.41. The van der Waals surface area contributed by atoms with E-state index in [9.17, 15) is 4.79 Å². The summed E-state index contributed by atoms with van der Waals surface area (Å²) in [6.07, 6.45) is 2.18. The zero-order valence-corrected chi connectivity index (χ0v) is 20.7. The number of aryl methyl sites for hydroxylation is 1. The molecule has 0 atom stereocenters. The molecule has 2 aromatic carbocycles. The number of likely N-dealkylation sites (tertiary alicyclic amines) is 1. The molecule has 5 nitrogen and oxygen atoms in total. The molecule has 33 heavy (non-hydrogen) atoms. The van der Waals surface area contributed by atoms with E-state index in [1.54, 1.807) is 4.90 Å². The van der Waals surface area contributed by atoms with Gasteiger partial charge in [0.15, 0.2) is 0 Å². The van der Waals surface area contributed by atoms with E-state index in [1.807, 2.05) is 68.9 Å². The molecule has 0 saturated carbocycles. The number of hydrogen-bond acceptors (Lipinski definition) is 3. The van der Waals surface area contributed by atoms with Crippen molar-refractivity contribution < 1.29 is 4.79 Å². The number of rotatable bonds is 6. The third-order valence-electron chi connectivity index (χ3n) is 6.65. The van der Waals surface area contributed by atoms with E-state index in [4.69, 9.17) is 11.6 Å². The second kappa shape index (κ2) is 10.1. The molecule has 174 valence electrons. The molecule has 4 rings (SSSR count). The highest BCUT2D eigenvalue weighted by molar-refractivity contribution is 6.30. The van der Waals surface area contributed by atoms with Crippen molar-refractivity contribution >= 4 is 23.2 Å². The number of halogens is 1. The van der Waals surface area contributed by atoms with Crippen LogP contribution in [0.5, 0.6) is 0 Å². The normalized spacial score (nSPS) is 15.2. The minimum atomic E-state index is -0.0107. The van der Waals surface area contributed by atoms with Crippen molar-refractivity contribution in [2.45, 2.75) is 46.1 Å². The summed E-state index contributed by atoms with van der Waals surface area (Å²) in [5.74, 6) is 0.640. The number of benzene rings is 2. The molecular weight excluding hydrogens is 432 g/mol. The first-order valence-electron chi connectivity index (χ1n) is 11.7. The van der Waals surface area contributed by atoms with Crippen molar-refractivity contribution in [1.82, 2.24) is 14.7 Å². The average molecular weight is 465 g/mol. The van der Waals surface area contributed by atoms with E-state index >= 15 is 0 Å². The van der Waals surface area contributed by atoms with E-state index in [-0.39, 0.29) is 11.8 Å². The van der Waals surface area contributed by atoms with Gasteiger partial charge < -0.3 is 4.90 Å². The van der Waals surface area contributed by atoms with Crippen LogP contribution >= 0.6 is 11.6 Å². The molecule has 1 fully saturated rings. The smallest absolute Gasteiger partial charge is 0.229 e. The van der Waals surface area contributed by atoms with Crippen LogP contribution in [0.15, 0.2) is 54.6 Å². The number of hydrogen-bond donors (Lipinski definition) is 0. The molecule has 0 N–H and O–H groups in total. The van der Waals surface area contributed by atoms with E-state index < -0.39 is 0 Å². The average Bonchev–Trinajstić information content (AvgIpc) is 3.12. The third kappa shape index (κ3) is 5.15. The Bertz CT molecular complexity index is 1100. The first kappa shape index (κ1) is 23.5. The second-order valence-corrected chi connectivity index (χ2v) is 9.66. The first-order chi connectivity index (χ1) is 15.8. The zero-order valence-electron chi connectivity index (χ0n) is 20.0. The maximum absolute atomic E-state index is 12.4. The molecule has 0 aliphatic carbocycles. The molecule has 1 saturated heterocycles. The molecule has 2 heterocycles. The highest BCUT2D eigenvalue weighted by Gasteiger charge is 2.24. The van der Waals surface area contributed by atoms with Crippen LogP contribution in [0.25, 0.3) is 5.69 Å². The van der Waals surface area contributed by atoms with E-state index in [1.165, 1.54) is 5.56 Å². The minimum Gasteiger partial charge on any atom is -0.315 e. The molecule has 0 radical (unpaired) electrons. The molecule has 1 amide bonds. The lowest BCUT2D eigenvalue weighted by Gasteiger charge is -2.32. The summed E-state index contributed by atoms with van der Waals surface area (Å²) >= 11 is 6.74. The lowest BCUT2D eigenvalue weighted by atomic mass is 9.89. The second-order valence-electron chi connectivity index (χ2n) is 9.30. The largest absolute Gasteiger partial charge is 0.315 e. The molecule has 1 aliphatic rings. The monoisotopic (exact) mass is 464 g/mol. The third-order valence-corrected chi connectivity index (χ3v) is 7.03. The molecule has 0 spiro atoms. The lowest BCUT2D eigenvalue weighted by molar-refractivity contribution is -0.121. The van der Waals surface area contributed by atoms with Crippen molar-refractivity contribution in [3.63, 3.8) is 0 Å². The number of anilines is 1. The van der Waals surface area contributed by atoms with Crippen molar-refractivity contribution in [1.29, 1.82) is 0 Å². The van der Waals surface area contributed by atoms with Gasteiger partial charge in [0.05, 0.1) is 11.4 Å². The number of amides is 1. The quantitative estimate of drug-likeness (QED) is 0.460. The molecular formula is C27H33ClN4O. The van der Waals surface area contributed by atoms with Crippen molar-refractivity contribution in [2.24, 2.45) is 5.92 Å². The van der Waals surface area contributed by atoms with Crippen LogP contribution in [0.1, 0.15) is 49.4 Å². The van der Waals surface area contributed by atoms with Crippen LogP contribution < -0.4 is 4.90 Å². The molecule has 1 aliphatic heterocycles. The number of para-hydroxylation sites is 1. The Hall–Kier alpha value is -2.63. The first-order valence-corrected chi connectivity index (χ1v) is 12.1. The van der Waals surface area contributed by atoms with Gasteiger partial charge in [0.25, 0.3) is 0 Å². The molecule has 1 aromatic heterocycles. The van der Waals surface area contributed by atoms with Crippen LogP contribution in [0.4, 0.5) is 5.69 Å². The van der Waals surface area contributed by atoms with Gasteiger partial charge >= 0.3 is 0 Å². The summed E-state index contributed by atoms with van der Waals surface area (Å²) in [5, 5.41) is 5.39. The Kier molecular flexibility index (Phi) is 7.20. The topological polar surface area (TPSA) is 41.4 Å². The minimum absolute atomic E-state index is 0.0107. The summed E-state index contributed by atoms with van der Waals surface area (Å²) in [4.78, 5) is 16.6. The van der Waals surface area contributed by atoms with Gasteiger partial charge in [0.1, 0.15) is 5.15 Å². The number of nitrogens with zero attached hydrogens (tertiary/aromatic N) is 4. The van der Waals surface area contributed by atoms with E-state index in [0.717, 1.165) is 55.1 Å². The van der Waals surface area contributed by atoms with Gasteiger partial charge in [-0.2, -0.15) is 5.10 Å². The maximum Gasteiger partial charge on any atom is 0.229 e. The van der Waals surface area contributed by atoms with Crippen molar-refractivity contribution in [2.75, 3.05) is 25.0 Å². The van der Waals surface area contributed by atoms with Gasteiger partial charge in [-0.3, -0.25) is 9.69 Å². The van der Waals surface area contributed by atoms with Crippen LogP contribution in [0.3, 0.4) is 0 Å². The van der Waals surface area contributed by atoms with Crippen molar-refractivity contribution in [3.05, 3.63) is 76.6 Å². The van der Waals surface area contributed by atoms with Crippen molar-refractivity contribution in [3.8, 4) is 5.69 Å². The van der Waals surface area contributed by atoms with Gasteiger partial charge in [-0.15, -0.1) is 0 Å². The van der Waals surface area contributed by atoms with Gasteiger partial charge in [0, 0.05) is 30.8 Å². The van der Waals surface area contributed by atoms with Gasteiger partial charge in [-0.1, -0.05) is 55.8 Å². The predicted octanol–water partition coefficient (Wildman–Crippen LogP) is 5.83. The summed E-state index contributed by atoms with van der Waals surface area (Å²) in [6.45, 7) is 8.76. The Morgan fingerprint density at radius 1 is 1.12 bits per heavy atom. The van der Waals surface area contributed by atoms with Crippen LogP contribution in [-0.2, 0) is 11.3 Å². The number of carbonyl (C=O) groups is 1. The standard InChI is InChI=1S/C27H33ClN4O/c1-19(2)27(33)30(4)24-12-8-9-22(17-24)21-13-15-31(16-14-21)18-25-20(3)29-32(26(25)28)23-10-6-5-7-11-23/h5-12,17,19,21H,13-16,18H2,1-4H3. The number of aromatic nitrogens is 2. The van der Waals surface area contributed by atoms with Crippen LogP contribution in [0.2, 0.25) is 5.15 Å². The van der Waals surface area contributed by atoms with Gasteiger partial charge in [0.2, 0.25) is 5.91 Å². The van der Waals surface area contributed by atoms with Crippen LogP contribution in [-0.4, -0.2) is 40.7 Å². The molecule has 3 aromatic rings. The van der Waals surface area contributed by atoms with Gasteiger partial charge in [-0.25, -0.2) is 4.68 Å². The lowest BCUT2D eigenvalue weighted by Crippen LogP contribution is -2.33. The molecule has 0 unspecified atom stereocenters. The highest BCUT2D eigenvalue weighted by Crippen LogP contribution is 2.32. The summed E-state index contributed by atoms with van der Waals surface area (Å²) < 4.78 is 1.83. The van der Waals surface area contributed by atoms with E-state index in [0.29, 0.717) is 11.1 Å². The molecule has 0 bridgehead atoms. The fourth-order valence-electron chi connectivity index (χ4n) is 4.60.